The lowest BCUT2D eigenvalue weighted by atomic mass is 9.33. The van der Waals surface area contributed by atoms with Crippen LogP contribution >= 0.6 is 0 Å². The van der Waals surface area contributed by atoms with Gasteiger partial charge in [0, 0.05) is 75.1 Å². The topological polar surface area (TPSA) is 125 Å². The monoisotopic (exact) mass is 2050 g/mol. The maximum absolute atomic E-state index is 14.0. The normalized spacial score (nSPS) is 46.0. The molecule has 15 heteroatoms. The molecule has 0 aromatic heterocycles. The molecule has 148 heavy (non-hydrogen) atoms. The van der Waals surface area contributed by atoms with E-state index in [1.54, 1.807) is 0 Å². The third-order valence-electron chi connectivity index (χ3n) is 52.4. The first kappa shape index (κ1) is 113. The standard InChI is InChI=1S/3C44H69FN2O2.CH4/c3*1-31(2)33-15-22-44(46-25-28-47-26-9-8-10-27-47)24-23-41(6)35(38(33)44)11-12-37-40(5)18-16-34(39(3,4)36(40)17-19-42(37,41)7)32-13-20-43(29-45,21-14-32)49-30-48;/h3*13,16,30,33,35-38,46H,1,8-12,14-15,17-29H2,2-7H3;1H4/t33-,35+,36-,37+,38+,40-,41+,42+,43?,44-;33-,35+,36-,37+,38+,40-,41+,42+,43+,44-;33-,35+,36-,37+,38+,40-,41+,42+,43-,44-;/m000./s1. The fraction of sp³-hybridized carbons (Fsp3) is 0.842. The van der Waals surface area contributed by atoms with Crippen LogP contribution in [-0.4, -0.2) is 166 Å². The number of halogens is 3. The number of piperidine rings is 3. The van der Waals surface area contributed by atoms with Crippen molar-refractivity contribution in [2.45, 2.75) is 454 Å². The van der Waals surface area contributed by atoms with Gasteiger partial charge < -0.3 is 44.9 Å². The molecule has 0 spiro atoms. The highest BCUT2D eigenvalue weighted by Crippen LogP contribution is 2.82. The van der Waals surface area contributed by atoms with Crippen molar-refractivity contribution in [2.24, 2.45) is 154 Å². The summed E-state index contributed by atoms with van der Waals surface area (Å²) in [7, 11) is 0. The van der Waals surface area contributed by atoms with E-state index in [0.717, 1.165) is 93.7 Å². The van der Waals surface area contributed by atoms with E-state index in [4.69, 9.17) is 14.2 Å². The van der Waals surface area contributed by atoms with E-state index in [9.17, 15) is 27.6 Å². The maximum atomic E-state index is 14.0. The molecule has 30 atom stereocenters. The summed E-state index contributed by atoms with van der Waals surface area (Å²) in [6, 6.07) is 0. The number of hydrogen-bond acceptors (Lipinski definition) is 12. The lowest BCUT2D eigenvalue weighted by Gasteiger charge is -2.72. The number of nitrogens with zero attached hydrogens (tertiary/aromatic N) is 3. The van der Waals surface area contributed by atoms with Crippen molar-refractivity contribution in [2.75, 3.05) is 98.6 Å². The van der Waals surface area contributed by atoms with Gasteiger partial charge in [-0.25, -0.2) is 13.2 Å². The molecule has 3 saturated heterocycles. The molecule has 3 aliphatic heterocycles. The first-order valence-electron chi connectivity index (χ1n) is 61.5. The Hall–Kier alpha value is -4.38. The molecule has 830 valence electrons. The number of likely N-dealkylation sites (tertiary alicyclic amines) is 3. The van der Waals surface area contributed by atoms with Gasteiger partial charge in [-0.2, -0.15) is 0 Å². The Kier molecular flexibility index (Phi) is 32.5. The number of alkyl halides is 3. The molecular formula is C133H211F3N6O6. The molecule has 0 aromatic rings. The molecule has 3 N–H and O–H groups in total. The molecule has 12 saturated carbocycles. The minimum Gasteiger partial charge on any atom is -0.458 e. The summed E-state index contributed by atoms with van der Waals surface area (Å²) >= 11 is 0. The first-order valence-corrected chi connectivity index (χ1v) is 61.5. The summed E-state index contributed by atoms with van der Waals surface area (Å²) < 4.78 is 57.9. The van der Waals surface area contributed by atoms with Crippen LogP contribution in [0.25, 0.3) is 0 Å². The molecule has 0 radical (unpaired) electrons. The number of ether oxygens (including phenoxy) is 3. The second kappa shape index (κ2) is 42.4. The highest BCUT2D eigenvalue weighted by atomic mass is 19.1. The van der Waals surface area contributed by atoms with Crippen LogP contribution in [0, 0.1) is 154 Å². The molecule has 0 amide bonds. The average molecular weight is 2050 g/mol. The van der Waals surface area contributed by atoms with Crippen LogP contribution in [0.4, 0.5) is 13.2 Å². The van der Waals surface area contributed by atoms with Gasteiger partial charge in [-0.15, -0.1) is 0 Å². The van der Waals surface area contributed by atoms with Gasteiger partial charge in [0.1, 0.15) is 36.8 Å². The molecule has 0 bridgehead atoms. The van der Waals surface area contributed by atoms with E-state index < -0.39 is 36.8 Å². The van der Waals surface area contributed by atoms with Crippen molar-refractivity contribution < 1.29 is 41.8 Å². The van der Waals surface area contributed by atoms with Gasteiger partial charge in [-0.1, -0.05) is 203 Å². The van der Waals surface area contributed by atoms with Crippen molar-refractivity contribution in [1.82, 2.24) is 30.7 Å². The van der Waals surface area contributed by atoms with E-state index in [1.165, 1.54) is 321 Å². The number of carbonyl (C=O) groups is 3. The highest BCUT2D eigenvalue weighted by Gasteiger charge is 2.76. The van der Waals surface area contributed by atoms with E-state index in [2.05, 4.69) is 211 Å². The number of hydrogen-bond donors (Lipinski definition) is 3. The Balaban J connectivity index is 0.000000145. The third-order valence-corrected chi connectivity index (χ3v) is 52.4. The summed E-state index contributed by atoms with van der Waals surface area (Å²) in [6.07, 6.45) is 67.9. The second-order valence-electron chi connectivity index (χ2n) is 59.0. The fourth-order valence-electron chi connectivity index (χ4n) is 44.2. The number of nitrogens with one attached hydrogen (secondary N) is 3. The molecular weight excluding hydrogens is 1830 g/mol. The summed E-state index contributed by atoms with van der Waals surface area (Å²) in [5.74, 6) is 10.4. The van der Waals surface area contributed by atoms with Gasteiger partial charge in [0.05, 0.1) is 0 Å². The molecule has 1 unspecified atom stereocenters. The van der Waals surface area contributed by atoms with E-state index >= 15 is 0 Å². The van der Waals surface area contributed by atoms with Crippen LogP contribution in [0.1, 0.15) is 421 Å². The zero-order valence-corrected chi connectivity index (χ0v) is 96.3. The van der Waals surface area contributed by atoms with Crippen molar-refractivity contribution in [3.05, 3.63) is 106 Å². The van der Waals surface area contributed by atoms with Gasteiger partial charge in [0.15, 0.2) is 0 Å². The summed E-state index contributed by atoms with van der Waals surface area (Å²) in [5, 5.41) is 13.0. The number of rotatable bonds is 27. The predicted molar refractivity (Wildman–Crippen MR) is 603 cm³/mol. The zero-order valence-electron chi connectivity index (χ0n) is 96.3. The Morgan fingerprint density at radius 2 is 0.574 bits per heavy atom. The van der Waals surface area contributed by atoms with Crippen LogP contribution in [0.5, 0.6) is 0 Å². The predicted octanol–water partition coefficient (Wildman–Crippen LogP) is 30.6. The number of allylic oxidation sites excluding steroid dienone is 12. The quantitative estimate of drug-likeness (QED) is 0.0412. The Morgan fingerprint density at radius 1 is 0.318 bits per heavy atom. The van der Waals surface area contributed by atoms with Gasteiger partial charge in [-0.05, 0) is 498 Å². The molecule has 21 rings (SSSR count). The summed E-state index contributed by atoms with van der Waals surface area (Å²) in [4.78, 5) is 41.6. The zero-order chi connectivity index (χ0) is 105. The Labute approximate surface area is 899 Å². The molecule has 0 aromatic carbocycles. The highest BCUT2D eigenvalue weighted by molar-refractivity contribution is 5.48. The summed E-state index contributed by atoms with van der Waals surface area (Å²) in [6.45, 7) is 74.8. The van der Waals surface area contributed by atoms with Crippen molar-refractivity contribution in [3.8, 4) is 0 Å². The SMILES string of the molecule is C.C=C(C)[C@@H]1CC[C@]2(NCCN3CCCCC3)CC[C@]3(C)[C@H](CC[C@@H]4[C@@]5(C)CC=C(C6=CCC(CF)(OC=O)CC6)C(C)(C)[C@@H]5CC[C@]43C)[C@@H]12.C=C(C)[C@@H]1CC[C@]2(NCCN3CCCCC3)CC[C@]3(C)[C@H](CC[C@@H]4[C@@]5(C)CC=C(C6=CC[C@@](CF)(OC=O)CC6)C(C)(C)[C@@H]5CC[C@]43C)[C@@H]12.C=C(C)[C@@H]1CC[C@]2(NCCN3CCCCC3)CC[C@]3(C)[C@H](CC[C@@H]4[C@@]5(C)CC=C(C6=CC[C@](CF)(OC=O)CC6)C(C)(C)[C@@H]5CC[C@]43C)[C@@H]12. The van der Waals surface area contributed by atoms with Crippen LogP contribution in [0.3, 0.4) is 0 Å². The van der Waals surface area contributed by atoms with E-state index in [0.29, 0.717) is 144 Å². The second-order valence-corrected chi connectivity index (χ2v) is 59.0. The van der Waals surface area contributed by atoms with E-state index in [1.807, 2.05) is 0 Å². The molecule has 18 aliphatic carbocycles. The van der Waals surface area contributed by atoms with E-state index in [-0.39, 0.29) is 56.5 Å². The molecule has 12 nitrogen and oxygen atoms in total. The largest absolute Gasteiger partial charge is 0.458 e. The maximum Gasteiger partial charge on any atom is 0.293 e. The van der Waals surface area contributed by atoms with Gasteiger partial charge in [-0.3, -0.25) is 14.4 Å². The van der Waals surface area contributed by atoms with Crippen molar-refractivity contribution in [3.63, 3.8) is 0 Å². The Bertz CT molecular complexity index is 4520. The summed E-state index contributed by atoms with van der Waals surface area (Å²) in [5.41, 5.74) is 13.9. The lowest BCUT2D eigenvalue weighted by molar-refractivity contribution is -0.221. The van der Waals surface area contributed by atoms with Crippen LogP contribution < -0.4 is 16.0 Å². The number of fused-ring (bicyclic) bond motifs is 21. The smallest absolute Gasteiger partial charge is 0.293 e. The van der Waals surface area contributed by atoms with Crippen LogP contribution in [0.2, 0.25) is 0 Å². The molecule has 15 fully saturated rings. The fourth-order valence-corrected chi connectivity index (χ4v) is 44.2. The van der Waals surface area contributed by atoms with Crippen molar-refractivity contribution >= 4 is 19.4 Å². The minimum absolute atomic E-state index is 0. The van der Waals surface area contributed by atoms with Crippen LogP contribution in [0.15, 0.2) is 106 Å². The third kappa shape index (κ3) is 18.5. The number of carbonyl (C=O) groups excluding carboxylic acids is 3. The first-order chi connectivity index (χ1) is 69.9. The lowest BCUT2D eigenvalue weighted by Crippen LogP contribution is -2.68. The average Bonchev–Trinajstić information content (AvgIpc) is 1.12. The van der Waals surface area contributed by atoms with Crippen LogP contribution in [-0.2, 0) is 28.6 Å². The van der Waals surface area contributed by atoms with Crippen molar-refractivity contribution in [1.29, 1.82) is 0 Å². The van der Waals surface area contributed by atoms with Gasteiger partial charge >= 0.3 is 0 Å². The van der Waals surface area contributed by atoms with Gasteiger partial charge in [0.2, 0.25) is 0 Å². The molecule has 3 heterocycles. The molecule has 21 aliphatic rings. The Morgan fingerprint density at radius 3 is 0.797 bits per heavy atom. The minimum atomic E-state index is -0.969. The van der Waals surface area contributed by atoms with Gasteiger partial charge in [0.25, 0.3) is 19.4 Å².